The van der Waals surface area contributed by atoms with Crippen molar-refractivity contribution in [1.29, 1.82) is 0 Å². The van der Waals surface area contributed by atoms with Crippen LogP contribution in [-0.2, 0) is 25.3 Å². The van der Waals surface area contributed by atoms with E-state index in [1.807, 2.05) is 0 Å². The number of benzene rings is 1. The molecule has 6 nitrogen and oxygen atoms in total. The first-order valence-corrected chi connectivity index (χ1v) is 9.10. The molecule has 154 valence electrons. The lowest BCUT2D eigenvalue weighted by Gasteiger charge is -2.21. The molecule has 0 bridgehead atoms. The molecule has 10 heteroatoms. The van der Waals surface area contributed by atoms with E-state index in [9.17, 15) is 27.6 Å². The van der Waals surface area contributed by atoms with Crippen LogP contribution in [0.4, 0.5) is 18.9 Å². The zero-order valence-electron chi connectivity index (χ0n) is 15.1. The minimum Gasteiger partial charge on any atom is -0.451 e. The Balaban J connectivity index is 1.98. The van der Waals surface area contributed by atoms with Crippen LogP contribution in [0.3, 0.4) is 0 Å². The highest BCUT2D eigenvalue weighted by atomic mass is 35.5. The van der Waals surface area contributed by atoms with Crippen LogP contribution in [0.2, 0.25) is 5.02 Å². The van der Waals surface area contributed by atoms with Crippen LogP contribution in [-0.4, -0.2) is 41.9 Å². The number of likely N-dealkylation sites (tertiary alicyclic amines) is 1. The Hall–Kier alpha value is -2.29. The van der Waals surface area contributed by atoms with Gasteiger partial charge in [0, 0.05) is 18.0 Å². The summed E-state index contributed by atoms with van der Waals surface area (Å²) in [6.07, 6.45) is -3.30. The van der Waals surface area contributed by atoms with Gasteiger partial charge in [0.15, 0.2) is 6.10 Å². The second-order valence-corrected chi connectivity index (χ2v) is 6.87. The number of hydrogen-bond donors (Lipinski definition) is 1. The van der Waals surface area contributed by atoms with Gasteiger partial charge in [0.1, 0.15) is 6.54 Å². The fourth-order valence-corrected chi connectivity index (χ4v) is 2.92. The molecule has 0 saturated carbocycles. The van der Waals surface area contributed by atoms with Gasteiger partial charge < -0.3 is 15.0 Å². The largest absolute Gasteiger partial charge is 0.451 e. The molecule has 1 unspecified atom stereocenters. The second kappa shape index (κ2) is 9.27. The number of alkyl halides is 3. The molecule has 2 rings (SSSR count). The van der Waals surface area contributed by atoms with Crippen LogP contribution >= 0.6 is 11.6 Å². The lowest BCUT2D eigenvalue weighted by molar-refractivity contribution is -0.156. The monoisotopic (exact) mass is 420 g/mol. The highest BCUT2D eigenvalue weighted by Gasteiger charge is 2.35. The number of esters is 1. The van der Waals surface area contributed by atoms with Gasteiger partial charge in [-0.2, -0.15) is 13.2 Å². The molecular weight excluding hydrogens is 401 g/mol. The predicted molar refractivity (Wildman–Crippen MR) is 95.7 cm³/mol. The molecule has 0 spiro atoms. The van der Waals surface area contributed by atoms with E-state index in [1.54, 1.807) is 0 Å². The maximum Gasteiger partial charge on any atom is 0.418 e. The van der Waals surface area contributed by atoms with Gasteiger partial charge in [-0.25, -0.2) is 0 Å². The molecule has 1 aliphatic rings. The molecule has 0 radical (unpaired) electrons. The standard InChI is InChI=1S/C18H20ClF3N2O4/c1-11(28-16(26)10-24-8-4-2-3-5-15(24)25)17(27)23-14-7-6-12(19)9-13(14)18(20,21)22/h6-7,9,11H,2-5,8,10H2,1H3,(H,23,27). The van der Waals surface area contributed by atoms with Crippen molar-refractivity contribution >= 4 is 35.1 Å². The fraction of sp³-hybridized carbons (Fsp3) is 0.500. The summed E-state index contributed by atoms with van der Waals surface area (Å²) >= 11 is 5.59. The van der Waals surface area contributed by atoms with Crippen molar-refractivity contribution in [3.05, 3.63) is 28.8 Å². The summed E-state index contributed by atoms with van der Waals surface area (Å²) in [5.41, 5.74) is -1.60. The number of amides is 2. The molecule has 1 atom stereocenters. The summed E-state index contributed by atoms with van der Waals surface area (Å²) in [6.45, 7) is 1.36. The van der Waals surface area contributed by atoms with E-state index < -0.39 is 35.4 Å². The van der Waals surface area contributed by atoms with Gasteiger partial charge in [0.25, 0.3) is 5.91 Å². The minimum absolute atomic E-state index is 0.132. The predicted octanol–water partition coefficient (Wildman–Crippen LogP) is 3.63. The first-order valence-electron chi connectivity index (χ1n) is 8.73. The minimum atomic E-state index is -4.72. The molecule has 1 N–H and O–H groups in total. The number of carbonyl (C=O) groups excluding carboxylic acids is 3. The third kappa shape index (κ3) is 6.12. The molecule has 1 saturated heterocycles. The number of hydrogen-bond acceptors (Lipinski definition) is 4. The number of halogens is 4. The third-order valence-electron chi connectivity index (χ3n) is 4.21. The fourth-order valence-electron chi connectivity index (χ4n) is 2.74. The summed E-state index contributed by atoms with van der Waals surface area (Å²) in [5, 5.41) is 1.96. The van der Waals surface area contributed by atoms with Gasteiger partial charge in [-0.1, -0.05) is 18.0 Å². The van der Waals surface area contributed by atoms with E-state index in [-0.39, 0.29) is 17.5 Å². The van der Waals surface area contributed by atoms with E-state index >= 15 is 0 Å². The van der Waals surface area contributed by atoms with Gasteiger partial charge >= 0.3 is 12.1 Å². The van der Waals surface area contributed by atoms with Crippen LogP contribution in [0.15, 0.2) is 18.2 Å². The Kier molecular flexibility index (Phi) is 7.29. The van der Waals surface area contributed by atoms with E-state index in [0.29, 0.717) is 19.0 Å². The summed E-state index contributed by atoms with van der Waals surface area (Å²) < 4.78 is 44.2. The third-order valence-corrected chi connectivity index (χ3v) is 4.45. The first-order chi connectivity index (χ1) is 13.1. The Bertz CT molecular complexity index is 755. The molecule has 0 aromatic heterocycles. The zero-order chi connectivity index (χ0) is 20.9. The molecular formula is C18H20ClF3N2O4. The van der Waals surface area contributed by atoms with Crippen molar-refractivity contribution < 1.29 is 32.3 Å². The highest BCUT2D eigenvalue weighted by molar-refractivity contribution is 6.30. The average Bonchev–Trinajstić information content (AvgIpc) is 2.80. The number of ether oxygens (including phenoxy) is 1. The van der Waals surface area contributed by atoms with Crippen molar-refractivity contribution in [2.45, 2.75) is 44.9 Å². The lowest BCUT2D eigenvalue weighted by Crippen LogP contribution is -2.39. The Labute approximate surface area is 165 Å². The van der Waals surface area contributed by atoms with Crippen molar-refractivity contribution in [1.82, 2.24) is 4.90 Å². The lowest BCUT2D eigenvalue weighted by atomic mass is 10.1. The second-order valence-electron chi connectivity index (χ2n) is 6.43. The number of nitrogens with zero attached hydrogens (tertiary/aromatic N) is 1. The maximum atomic E-state index is 13.1. The maximum absolute atomic E-state index is 13.1. The molecule has 1 fully saturated rings. The summed E-state index contributed by atoms with van der Waals surface area (Å²) in [4.78, 5) is 37.4. The Morgan fingerprint density at radius 3 is 2.68 bits per heavy atom. The number of anilines is 1. The summed E-state index contributed by atoms with van der Waals surface area (Å²) in [5.74, 6) is -1.89. The topological polar surface area (TPSA) is 75.7 Å². The van der Waals surface area contributed by atoms with Crippen LogP contribution in [0.5, 0.6) is 0 Å². The van der Waals surface area contributed by atoms with Gasteiger partial charge in [0.2, 0.25) is 5.91 Å². The summed E-state index contributed by atoms with van der Waals surface area (Å²) in [7, 11) is 0. The van der Waals surface area contributed by atoms with Crippen LogP contribution in [0.1, 0.15) is 38.2 Å². The smallest absolute Gasteiger partial charge is 0.418 e. The number of rotatable bonds is 5. The van der Waals surface area contributed by atoms with Crippen molar-refractivity contribution in [3.63, 3.8) is 0 Å². The molecule has 0 aliphatic carbocycles. The Morgan fingerprint density at radius 1 is 1.29 bits per heavy atom. The van der Waals surface area contributed by atoms with Gasteiger partial charge in [-0.05, 0) is 38.0 Å². The number of nitrogens with one attached hydrogen (secondary N) is 1. The van der Waals surface area contributed by atoms with Crippen LogP contribution in [0.25, 0.3) is 0 Å². The average molecular weight is 421 g/mol. The van der Waals surface area contributed by atoms with E-state index in [1.165, 1.54) is 17.9 Å². The Morgan fingerprint density at radius 2 is 2.00 bits per heavy atom. The molecule has 28 heavy (non-hydrogen) atoms. The van der Waals surface area contributed by atoms with E-state index in [4.69, 9.17) is 16.3 Å². The molecule has 1 aromatic rings. The summed E-state index contributed by atoms with van der Waals surface area (Å²) in [6, 6.07) is 2.92. The van der Waals surface area contributed by atoms with Crippen LogP contribution in [0, 0.1) is 0 Å². The van der Waals surface area contributed by atoms with Gasteiger partial charge in [-0.3, -0.25) is 14.4 Å². The molecule has 1 heterocycles. The van der Waals surface area contributed by atoms with Crippen molar-refractivity contribution in [2.24, 2.45) is 0 Å². The van der Waals surface area contributed by atoms with E-state index in [0.717, 1.165) is 25.3 Å². The van der Waals surface area contributed by atoms with Crippen molar-refractivity contribution in [3.8, 4) is 0 Å². The zero-order valence-corrected chi connectivity index (χ0v) is 15.9. The molecule has 1 aliphatic heterocycles. The van der Waals surface area contributed by atoms with Gasteiger partial charge in [0.05, 0.1) is 11.3 Å². The highest BCUT2D eigenvalue weighted by Crippen LogP contribution is 2.36. The number of carbonyl (C=O) groups is 3. The first kappa shape index (κ1) is 22.0. The van der Waals surface area contributed by atoms with E-state index in [2.05, 4.69) is 5.32 Å². The van der Waals surface area contributed by atoms with Crippen molar-refractivity contribution in [2.75, 3.05) is 18.4 Å². The van der Waals surface area contributed by atoms with Crippen LogP contribution < -0.4 is 5.32 Å². The SMILES string of the molecule is CC(OC(=O)CN1CCCCCC1=O)C(=O)Nc1ccc(Cl)cc1C(F)(F)F. The molecule has 2 amide bonds. The normalized spacial score (nSPS) is 16.3. The molecule has 1 aromatic carbocycles. The van der Waals surface area contributed by atoms with Gasteiger partial charge in [-0.15, -0.1) is 0 Å². The quantitative estimate of drug-likeness (QED) is 0.738.